The summed E-state index contributed by atoms with van der Waals surface area (Å²) in [4.78, 5) is 10.7. The van der Waals surface area contributed by atoms with E-state index in [1.165, 1.54) is 6.07 Å². The molecule has 1 atom stereocenters. The normalized spacial score (nSPS) is 14.0. The Kier molecular flexibility index (Phi) is 5.03. The summed E-state index contributed by atoms with van der Waals surface area (Å²) in [5, 5.41) is 0.528. The van der Waals surface area contributed by atoms with E-state index in [0.717, 1.165) is 12.1 Å². The Morgan fingerprint density at radius 2 is 1.50 bits per heavy atom. The van der Waals surface area contributed by atoms with Crippen LogP contribution in [0.25, 0.3) is 0 Å². The van der Waals surface area contributed by atoms with E-state index in [1.807, 2.05) is 0 Å². The van der Waals surface area contributed by atoms with Crippen LogP contribution >= 0.6 is 7.37 Å². The van der Waals surface area contributed by atoms with Crippen LogP contribution in [0.3, 0.4) is 0 Å². The summed E-state index contributed by atoms with van der Waals surface area (Å²) in [5.74, 6) is 0. The van der Waals surface area contributed by atoms with Crippen molar-refractivity contribution in [1.82, 2.24) is 0 Å². The van der Waals surface area contributed by atoms with Crippen molar-refractivity contribution in [1.29, 1.82) is 0 Å². The van der Waals surface area contributed by atoms with Gasteiger partial charge in [0.2, 0.25) is 0 Å². The minimum Gasteiger partial charge on any atom is -0.338 e. The number of alkyl halides is 3. The van der Waals surface area contributed by atoms with Crippen LogP contribution in [0.5, 0.6) is 0 Å². The summed E-state index contributed by atoms with van der Waals surface area (Å²) >= 11 is 0. The van der Waals surface area contributed by atoms with Crippen molar-refractivity contribution in [2.75, 3.05) is 0 Å². The van der Waals surface area contributed by atoms with Gasteiger partial charge in [-0.1, -0.05) is 54.6 Å². The van der Waals surface area contributed by atoms with Crippen LogP contribution < -0.4 is 10.6 Å². The second-order valence-corrected chi connectivity index (χ2v) is 8.07. The molecule has 0 heterocycles. The lowest BCUT2D eigenvalue weighted by atomic mass is 10.0. The molecule has 3 aromatic rings. The van der Waals surface area contributed by atoms with Crippen molar-refractivity contribution in [3.8, 4) is 0 Å². The maximum atomic E-state index is 13.0. The van der Waals surface area contributed by atoms with Crippen LogP contribution in [-0.2, 0) is 17.2 Å². The second kappa shape index (κ2) is 7.10. The molecule has 0 aliphatic carbocycles. The third kappa shape index (κ3) is 3.90. The van der Waals surface area contributed by atoms with Crippen molar-refractivity contribution in [3.63, 3.8) is 0 Å². The fraction of sp³-hybridized carbons (Fsp3) is 0.100. The predicted octanol–water partition coefficient (Wildman–Crippen LogP) is 4.52. The average Bonchev–Trinajstić information content (AvgIpc) is 2.62. The Labute approximate surface area is 149 Å². The molecule has 0 spiro atoms. The summed E-state index contributed by atoms with van der Waals surface area (Å²) in [6, 6.07) is 19.8. The fourth-order valence-electron chi connectivity index (χ4n) is 2.80. The molecule has 0 aromatic heterocycles. The summed E-state index contributed by atoms with van der Waals surface area (Å²) in [7, 11) is -3.84. The molecule has 1 N–H and O–H groups in total. The quantitative estimate of drug-likeness (QED) is 0.680. The van der Waals surface area contributed by atoms with Crippen molar-refractivity contribution in [2.24, 2.45) is 0 Å². The van der Waals surface area contributed by atoms with Gasteiger partial charge in [0, 0.05) is 10.6 Å². The monoisotopic (exact) mass is 376 g/mol. The molecule has 2 nitrogen and oxygen atoms in total. The van der Waals surface area contributed by atoms with Gasteiger partial charge in [0.15, 0.2) is 0 Å². The van der Waals surface area contributed by atoms with E-state index in [1.54, 1.807) is 60.7 Å². The van der Waals surface area contributed by atoms with Crippen LogP contribution in [0, 0.1) is 0 Å². The standard InChI is InChI=1S/C20H16F3O2P/c21-20(22,23)17-9-6-7-15(14-17)13-16-8-4-5-12-19(16)26(24,25)18-10-2-1-3-11-18/h1-12,14H,13H2,(H,24,25). The molecule has 6 heteroatoms. The Morgan fingerprint density at radius 3 is 2.19 bits per heavy atom. The SMILES string of the molecule is O=P(O)(c1ccccc1)c1ccccc1Cc1cccc(C(F)(F)F)c1. The zero-order valence-corrected chi connectivity index (χ0v) is 14.5. The molecule has 0 amide bonds. The highest BCUT2D eigenvalue weighted by atomic mass is 31.2. The van der Waals surface area contributed by atoms with Gasteiger partial charge in [-0.25, -0.2) is 0 Å². The molecule has 26 heavy (non-hydrogen) atoms. The molecule has 3 rings (SSSR count). The Hall–Kier alpha value is -2.36. The average molecular weight is 376 g/mol. The van der Waals surface area contributed by atoms with E-state index < -0.39 is 19.1 Å². The van der Waals surface area contributed by atoms with Gasteiger partial charge in [0.05, 0.1) is 5.56 Å². The van der Waals surface area contributed by atoms with E-state index in [0.29, 0.717) is 11.1 Å². The number of halogens is 3. The Morgan fingerprint density at radius 1 is 0.846 bits per heavy atom. The van der Waals surface area contributed by atoms with E-state index >= 15 is 0 Å². The van der Waals surface area contributed by atoms with Gasteiger partial charge in [0.1, 0.15) is 0 Å². The highest BCUT2D eigenvalue weighted by molar-refractivity contribution is 7.73. The van der Waals surface area contributed by atoms with E-state index in [4.69, 9.17) is 0 Å². The Bertz CT molecular complexity index is 953. The van der Waals surface area contributed by atoms with Gasteiger partial charge in [-0.2, -0.15) is 13.2 Å². The molecule has 0 aliphatic rings. The third-order valence-corrected chi connectivity index (χ3v) is 6.16. The van der Waals surface area contributed by atoms with Gasteiger partial charge in [-0.15, -0.1) is 0 Å². The van der Waals surface area contributed by atoms with Gasteiger partial charge < -0.3 is 4.89 Å². The number of hydrogen-bond donors (Lipinski definition) is 1. The molecule has 0 bridgehead atoms. The van der Waals surface area contributed by atoms with Crippen molar-refractivity contribution in [3.05, 3.63) is 95.6 Å². The number of hydrogen-bond acceptors (Lipinski definition) is 1. The van der Waals surface area contributed by atoms with Crippen LogP contribution in [0.15, 0.2) is 78.9 Å². The largest absolute Gasteiger partial charge is 0.416 e. The lowest BCUT2D eigenvalue weighted by molar-refractivity contribution is -0.137. The lowest BCUT2D eigenvalue weighted by Gasteiger charge is -2.17. The molecule has 134 valence electrons. The fourth-order valence-corrected chi connectivity index (χ4v) is 4.49. The summed E-state index contributed by atoms with van der Waals surface area (Å²) in [5.41, 5.74) is 0.226. The summed E-state index contributed by atoms with van der Waals surface area (Å²) in [6.07, 6.45) is -4.29. The van der Waals surface area contributed by atoms with Crippen LogP contribution in [0.1, 0.15) is 16.7 Å². The molecule has 0 aliphatic heterocycles. The third-order valence-electron chi connectivity index (χ3n) is 4.07. The van der Waals surface area contributed by atoms with Crippen LogP contribution in [-0.4, -0.2) is 4.89 Å². The number of benzene rings is 3. The Balaban J connectivity index is 2.00. The molecular weight excluding hydrogens is 360 g/mol. The molecule has 0 radical (unpaired) electrons. The zero-order valence-electron chi connectivity index (χ0n) is 13.6. The first-order chi connectivity index (χ1) is 12.3. The molecule has 0 fully saturated rings. The highest BCUT2D eigenvalue weighted by Gasteiger charge is 2.31. The minimum absolute atomic E-state index is 0.136. The first kappa shape index (κ1) is 18.4. The first-order valence-corrected chi connectivity index (χ1v) is 9.57. The van der Waals surface area contributed by atoms with Gasteiger partial charge in [0.25, 0.3) is 7.37 Å². The molecular formula is C20H16F3O2P. The molecule has 3 aromatic carbocycles. The highest BCUT2D eigenvalue weighted by Crippen LogP contribution is 2.39. The van der Waals surface area contributed by atoms with E-state index in [-0.39, 0.29) is 17.0 Å². The van der Waals surface area contributed by atoms with Crippen molar-refractivity contribution < 1.29 is 22.6 Å². The topological polar surface area (TPSA) is 37.3 Å². The second-order valence-electron chi connectivity index (χ2n) is 5.92. The summed E-state index contributed by atoms with van der Waals surface area (Å²) < 4.78 is 51.8. The maximum absolute atomic E-state index is 13.0. The number of rotatable bonds is 4. The van der Waals surface area contributed by atoms with Crippen LogP contribution in [0.2, 0.25) is 0 Å². The molecule has 0 saturated heterocycles. The minimum atomic E-state index is -4.42. The van der Waals surface area contributed by atoms with E-state index in [9.17, 15) is 22.6 Å². The van der Waals surface area contributed by atoms with Crippen molar-refractivity contribution >= 4 is 18.0 Å². The molecule has 0 saturated carbocycles. The maximum Gasteiger partial charge on any atom is 0.416 e. The molecule has 1 unspecified atom stereocenters. The van der Waals surface area contributed by atoms with Gasteiger partial charge in [-0.3, -0.25) is 4.57 Å². The van der Waals surface area contributed by atoms with Gasteiger partial charge >= 0.3 is 6.18 Å². The lowest BCUT2D eigenvalue weighted by Crippen LogP contribution is -2.19. The van der Waals surface area contributed by atoms with Gasteiger partial charge in [-0.05, 0) is 41.8 Å². The smallest absolute Gasteiger partial charge is 0.338 e. The van der Waals surface area contributed by atoms with Crippen LogP contribution in [0.4, 0.5) is 13.2 Å². The van der Waals surface area contributed by atoms with E-state index in [2.05, 4.69) is 0 Å². The first-order valence-electron chi connectivity index (χ1n) is 7.91. The zero-order chi connectivity index (χ0) is 18.8. The van der Waals surface area contributed by atoms with Crippen molar-refractivity contribution in [2.45, 2.75) is 12.6 Å². The summed E-state index contributed by atoms with van der Waals surface area (Å²) in [6.45, 7) is 0. The predicted molar refractivity (Wildman–Crippen MR) is 96.2 cm³/mol.